The van der Waals surface area contributed by atoms with Crippen molar-refractivity contribution in [2.75, 3.05) is 0 Å². The maximum Gasteiger partial charge on any atom is 0.156 e. The van der Waals surface area contributed by atoms with Gasteiger partial charge < -0.3 is 0 Å². The van der Waals surface area contributed by atoms with Crippen LogP contribution in [0.5, 0.6) is 0 Å². The van der Waals surface area contributed by atoms with E-state index < -0.39 is 9.84 Å². The first-order valence-corrected chi connectivity index (χ1v) is 10.9. The van der Waals surface area contributed by atoms with Crippen LogP contribution < -0.4 is 0 Å². The summed E-state index contributed by atoms with van der Waals surface area (Å²) >= 11 is 0. The Morgan fingerprint density at radius 2 is 1.23 bits per heavy atom. The molecule has 2 atom stereocenters. The summed E-state index contributed by atoms with van der Waals surface area (Å²) in [5, 5.41) is -0.394. The van der Waals surface area contributed by atoms with E-state index in [1.165, 1.54) is 32.1 Å². The van der Waals surface area contributed by atoms with Crippen molar-refractivity contribution in [3.05, 3.63) is 0 Å². The maximum atomic E-state index is 13.2. The SMILES string of the molecule is O=C(C1CC2CCC(C1)S2(=O)=O)C1C2CC3CC(C2)CC1C3. The molecule has 0 radical (unpaired) electrons. The summed E-state index contributed by atoms with van der Waals surface area (Å²) in [6.07, 6.45) is 9.42. The van der Waals surface area contributed by atoms with E-state index in [9.17, 15) is 13.2 Å². The van der Waals surface area contributed by atoms with Gasteiger partial charge in [-0.15, -0.1) is 0 Å². The lowest BCUT2D eigenvalue weighted by Gasteiger charge is -2.54. The molecule has 2 unspecified atom stereocenters. The first kappa shape index (κ1) is 14.0. The average Bonchev–Trinajstić information content (AvgIpc) is 2.64. The number of carbonyl (C=O) groups excluding carboxylic acids is 1. The lowest BCUT2D eigenvalue weighted by Crippen LogP contribution is -2.50. The fourth-order valence-electron chi connectivity index (χ4n) is 7.10. The topological polar surface area (TPSA) is 51.2 Å². The Bertz CT molecular complexity index is 560. The molecule has 3 nitrogen and oxygen atoms in total. The van der Waals surface area contributed by atoms with Crippen molar-refractivity contribution in [2.24, 2.45) is 35.5 Å². The summed E-state index contributed by atoms with van der Waals surface area (Å²) in [4.78, 5) is 13.2. The van der Waals surface area contributed by atoms with Crippen LogP contribution >= 0.6 is 0 Å². The van der Waals surface area contributed by atoms with Crippen molar-refractivity contribution in [3.8, 4) is 0 Å². The molecule has 22 heavy (non-hydrogen) atoms. The van der Waals surface area contributed by atoms with Gasteiger partial charge in [-0.2, -0.15) is 0 Å². The predicted molar refractivity (Wildman–Crippen MR) is 84.0 cm³/mol. The van der Waals surface area contributed by atoms with E-state index >= 15 is 0 Å². The normalized spacial score (nSPS) is 54.5. The van der Waals surface area contributed by atoms with Crippen molar-refractivity contribution in [3.63, 3.8) is 0 Å². The minimum Gasteiger partial charge on any atom is -0.299 e. The number of sulfone groups is 1. The maximum absolute atomic E-state index is 13.2. The molecular formula is C18H26O3S. The van der Waals surface area contributed by atoms with Crippen LogP contribution in [-0.4, -0.2) is 24.7 Å². The molecular weight excluding hydrogens is 296 g/mol. The summed E-state index contributed by atoms with van der Waals surface area (Å²) in [5.74, 6) is 3.89. The first-order chi connectivity index (χ1) is 10.5. The number of hydrogen-bond acceptors (Lipinski definition) is 3. The molecule has 0 aromatic carbocycles. The van der Waals surface area contributed by atoms with Gasteiger partial charge in [0, 0.05) is 11.8 Å². The Kier molecular flexibility index (Phi) is 2.92. The average molecular weight is 322 g/mol. The fourth-order valence-corrected chi connectivity index (χ4v) is 9.58. The van der Waals surface area contributed by atoms with Gasteiger partial charge >= 0.3 is 0 Å². The number of Topliss-reactive ketones (excluding diaryl/α,β-unsaturated/α-hetero) is 1. The van der Waals surface area contributed by atoms with Gasteiger partial charge in [-0.05, 0) is 81.5 Å². The second kappa shape index (κ2) is 4.58. The third-order valence-corrected chi connectivity index (χ3v) is 10.5. The van der Waals surface area contributed by atoms with Gasteiger partial charge in [0.25, 0.3) is 0 Å². The van der Waals surface area contributed by atoms with Crippen molar-refractivity contribution >= 4 is 15.6 Å². The predicted octanol–water partition coefficient (Wildman–Crippen LogP) is 2.98. The lowest BCUT2D eigenvalue weighted by atomic mass is 9.50. The minimum absolute atomic E-state index is 0.0588. The second-order valence-electron chi connectivity index (χ2n) is 8.94. The molecule has 0 aromatic rings. The molecule has 2 heterocycles. The fraction of sp³-hybridized carbons (Fsp3) is 0.944. The molecule has 0 spiro atoms. The number of ketones is 1. The molecule has 0 aromatic heterocycles. The van der Waals surface area contributed by atoms with E-state index in [-0.39, 0.29) is 22.3 Å². The Morgan fingerprint density at radius 3 is 1.73 bits per heavy atom. The molecule has 2 saturated heterocycles. The Hall–Kier alpha value is -0.380. The molecule has 4 aliphatic carbocycles. The molecule has 6 rings (SSSR count). The smallest absolute Gasteiger partial charge is 0.156 e. The van der Waals surface area contributed by atoms with E-state index in [1.54, 1.807) is 0 Å². The highest BCUT2D eigenvalue weighted by Gasteiger charge is 2.54. The summed E-state index contributed by atoms with van der Waals surface area (Å²) < 4.78 is 24.5. The van der Waals surface area contributed by atoms with Gasteiger partial charge in [0.15, 0.2) is 9.84 Å². The van der Waals surface area contributed by atoms with E-state index in [0.29, 0.717) is 30.5 Å². The van der Waals surface area contributed by atoms with Crippen LogP contribution in [0.3, 0.4) is 0 Å². The highest BCUT2D eigenvalue weighted by atomic mass is 32.2. The lowest BCUT2D eigenvalue weighted by molar-refractivity contribution is -0.140. The van der Waals surface area contributed by atoms with E-state index in [1.807, 2.05) is 0 Å². The van der Waals surface area contributed by atoms with E-state index in [4.69, 9.17) is 0 Å². The largest absolute Gasteiger partial charge is 0.299 e. The van der Waals surface area contributed by atoms with Crippen LogP contribution in [0.15, 0.2) is 0 Å². The molecule has 2 aliphatic heterocycles. The second-order valence-corrected chi connectivity index (χ2v) is 11.4. The summed E-state index contributed by atoms with van der Waals surface area (Å²) in [7, 11) is -2.90. The highest BCUT2D eigenvalue weighted by molar-refractivity contribution is 7.93. The first-order valence-electron chi connectivity index (χ1n) is 9.28. The molecule has 4 heteroatoms. The monoisotopic (exact) mass is 322 g/mol. The van der Waals surface area contributed by atoms with E-state index in [0.717, 1.165) is 24.7 Å². The Labute approximate surface area is 133 Å². The quantitative estimate of drug-likeness (QED) is 0.785. The van der Waals surface area contributed by atoms with Crippen LogP contribution in [0, 0.1) is 35.5 Å². The minimum atomic E-state index is -2.90. The van der Waals surface area contributed by atoms with Crippen LogP contribution in [0.1, 0.15) is 57.8 Å². The molecule has 6 fully saturated rings. The molecule has 0 amide bonds. The van der Waals surface area contributed by atoms with Crippen molar-refractivity contribution < 1.29 is 13.2 Å². The number of carbonyl (C=O) groups is 1. The van der Waals surface area contributed by atoms with Gasteiger partial charge in [-0.3, -0.25) is 4.79 Å². The highest BCUT2D eigenvalue weighted by Crippen LogP contribution is 2.58. The van der Waals surface area contributed by atoms with Crippen molar-refractivity contribution in [2.45, 2.75) is 68.3 Å². The molecule has 4 saturated carbocycles. The van der Waals surface area contributed by atoms with Crippen molar-refractivity contribution in [1.82, 2.24) is 0 Å². The number of hydrogen-bond donors (Lipinski definition) is 0. The molecule has 122 valence electrons. The zero-order valence-corrected chi connectivity index (χ0v) is 13.9. The number of rotatable bonds is 2. The zero-order chi connectivity index (χ0) is 15.1. The van der Waals surface area contributed by atoms with Gasteiger partial charge in [-0.1, -0.05) is 0 Å². The third-order valence-electron chi connectivity index (χ3n) is 7.79. The summed E-state index contributed by atoms with van der Waals surface area (Å²) in [6.45, 7) is 0. The molecule has 0 N–H and O–H groups in total. The Balaban J connectivity index is 1.38. The Morgan fingerprint density at radius 1 is 0.727 bits per heavy atom. The van der Waals surface area contributed by atoms with Crippen molar-refractivity contribution in [1.29, 1.82) is 0 Å². The van der Waals surface area contributed by atoms with Gasteiger partial charge in [-0.25, -0.2) is 8.42 Å². The van der Waals surface area contributed by atoms with Crippen LogP contribution in [0.4, 0.5) is 0 Å². The van der Waals surface area contributed by atoms with Crippen LogP contribution in [0.2, 0.25) is 0 Å². The zero-order valence-electron chi connectivity index (χ0n) is 13.1. The van der Waals surface area contributed by atoms with Crippen LogP contribution in [0.25, 0.3) is 0 Å². The summed E-state index contributed by atoms with van der Waals surface area (Å²) in [6, 6.07) is 0. The molecule has 6 bridgehead atoms. The van der Waals surface area contributed by atoms with Gasteiger partial charge in [0.1, 0.15) is 5.78 Å². The molecule has 6 aliphatic rings. The van der Waals surface area contributed by atoms with Gasteiger partial charge in [0.05, 0.1) is 10.5 Å². The third kappa shape index (κ3) is 1.85. The van der Waals surface area contributed by atoms with Gasteiger partial charge in [0.2, 0.25) is 0 Å². The summed E-state index contributed by atoms with van der Waals surface area (Å²) in [5.41, 5.74) is 0. The number of fused-ring (bicyclic) bond motifs is 2. The standard InChI is InChI=1S/C18H26O3S/c19-18(14-8-15-1-2-16(9-14)22(15,20)21)17-12-4-10-3-11(6-12)7-13(17)5-10/h10-17H,1-9H2. The van der Waals surface area contributed by atoms with Crippen LogP contribution in [-0.2, 0) is 14.6 Å². The van der Waals surface area contributed by atoms with E-state index in [2.05, 4.69) is 0 Å².